The van der Waals surface area contributed by atoms with Crippen LogP contribution in [0.3, 0.4) is 0 Å². The molecule has 2 heterocycles. The molecular formula is C18H21ClN2O4. The van der Waals surface area contributed by atoms with Crippen LogP contribution in [0.4, 0.5) is 0 Å². The minimum Gasteiger partial charge on any atom is -0.463 e. The Morgan fingerprint density at radius 3 is 2.00 bits per heavy atom. The zero-order valence-corrected chi connectivity index (χ0v) is 15.4. The van der Waals surface area contributed by atoms with Crippen molar-refractivity contribution in [1.82, 2.24) is 10.3 Å². The third-order valence-corrected chi connectivity index (χ3v) is 4.06. The Morgan fingerprint density at radius 2 is 1.60 bits per heavy atom. The molecule has 0 fully saturated rings. The third-order valence-electron chi connectivity index (χ3n) is 3.83. The molecule has 2 rings (SSSR count). The smallest absolute Gasteiger partial charge is 0.336 e. The van der Waals surface area contributed by atoms with Crippen molar-refractivity contribution >= 4 is 23.5 Å². The lowest BCUT2D eigenvalue weighted by Crippen LogP contribution is -2.32. The Hall–Kier alpha value is -2.34. The molecule has 134 valence electrons. The lowest BCUT2D eigenvalue weighted by Gasteiger charge is -2.30. The van der Waals surface area contributed by atoms with Crippen LogP contribution < -0.4 is 5.32 Å². The number of hydrogen-bond acceptors (Lipinski definition) is 6. The molecule has 0 aliphatic carbocycles. The van der Waals surface area contributed by atoms with Gasteiger partial charge in [-0.2, -0.15) is 0 Å². The monoisotopic (exact) mass is 364 g/mol. The minimum atomic E-state index is -0.635. The maximum atomic E-state index is 12.6. The Morgan fingerprint density at radius 1 is 1.08 bits per heavy atom. The van der Waals surface area contributed by atoms with Crippen molar-refractivity contribution in [3.63, 3.8) is 0 Å². The molecule has 0 radical (unpaired) electrons. The van der Waals surface area contributed by atoms with E-state index in [2.05, 4.69) is 10.3 Å². The second kappa shape index (κ2) is 8.16. The summed E-state index contributed by atoms with van der Waals surface area (Å²) in [5.41, 5.74) is 2.64. The van der Waals surface area contributed by atoms with E-state index < -0.39 is 17.9 Å². The Bertz CT molecular complexity index is 698. The summed E-state index contributed by atoms with van der Waals surface area (Å²) in [6, 6.07) is 3.36. The number of esters is 2. The number of nitrogens with one attached hydrogen (secondary N) is 1. The van der Waals surface area contributed by atoms with Crippen LogP contribution in [-0.4, -0.2) is 30.1 Å². The van der Waals surface area contributed by atoms with Crippen molar-refractivity contribution in [2.45, 2.75) is 33.6 Å². The van der Waals surface area contributed by atoms with Gasteiger partial charge >= 0.3 is 11.9 Å². The van der Waals surface area contributed by atoms with Gasteiger partial charge in [0.2, 0.25) is 0 Å². The van der Waals surface area contributed by atoms with E-state index in [4.69, 9.17) is 21.1 Å². The van der Waals surface area contributed by atoms with Gasteiger partial charge in [-0.3, -0.25) is 0 Å². The summed E-state index contributed by atoms with van der Waals surface area (Å²) in [7, 11) is 0. The van der Waals surface area contributed by atoms with Crippen LogP contribution in [0, 0.1) is 0 Å². The van der Waals surface area contributed by atoms with E-state index in [0.29, 0.717) is 33.3 Å². The van der Waals surface area contributed by atoms with Gasteiger partial charge < -0.3 is 14.8 Å². The van der Waals surface area contributed by atoms with Crippen molar-refractivity contribution in [2.75, 3.05) is 13.2 Å². The summed E-state index contributed by atoms with van der Waals surface area (Å²) < 4.78 is 10.4. The topological polar surface area (TPSA) is 77.5 Å². The molecule has 1 aliphatic rings. The van der Waals surface area contributed by atoms with Gasteiger partial charge in [-0.05, 0) is 39.3 Å². The van der Waals surface area contributed by atoms with Crippen molar-refractivity contribution < 1.29 is 19.1 Å². The molecule has 0 amide bonds. The van der Waals surface area contributed by atoms with Crippen LogP contribution in [0.1, 0.15) is 39.2 Å². The molecule has 1 N–H and O–H groups in total. The number of carbonyl (C=O) groups excluding carboxylic acids is 2. The number of pyridine rings is 1. The van der Waals surface area contributed by atoms with Crippen LogP contribution >= 0.6 is 11.6 Å². The number of rotatable bonds is 5. The SMILES string of the molecule is CCOC(=O)C1=C(C)NC(C)=C(C(=O)OCC)C1c1ccc(Cl)nc1. The maximum absolute atomic E-state index is 12.6. The Labute approximate surface area is 151 Å². The van der Waals surface area contributed by atoms with E-state index in [1.165, 1.54) is 0 Å². The number of carbonyl (C=O) groups is 2. The zero-order valence-electron chi connectivity index (χ0n) is 14.7. The van der Waals surface area contributed by atoms with E-state index in [9.17, 15) is 9.59 Å². The number of halogens is 1. The van der Waals surface area contributed by atoms with Gasteiger partial charge in [0.1, 0.15) is 5.15 Å². The standard InChI is InChI=1S/C18H21ClN2O4/c1-5-24-17(22)14-10(3)21-11(4)15(18(23)25-6-2)16(14)12-7-8-13(19)20-9-12/h7-9,16,21H,5-6H2,1-4H3. The second-order valence-electron chi connectivity index (χ2n) is 5.49. The van der Waals surface area contributed by atoms with E-state index in [-0.39, 0.29) is 13.2 Å². The fourth-order valence-electron chi connectivity index (χ4n) is 2.84. The molecule has 0 unspecified atom stereocenters. The van der Waals surface area contributed by atoms with Crippen LogP contribution in [-0.2, 0) is 19.1 Å². The summed E-state index contributed by atoms with van der Waals surface area (Å²) in [6.45, 7) is 7.48. The molecule has 0 aromatic carbocycles. The van der Waals surface area contributed by atoms with E-state index in [1.54, 1.807) is 46.0 Å². The first kappa shape index (κ1) is 19.0. The summed E-state index contributed by atoms with van der Waals surface area (Å²) in [4.78, 5) is 29.2. The Kier molecular flexibility index (Phi) is 6.20. The molecule has 1 aromatic heterocycles. The average molecular weight is 365 g/mol. The van der Waals surface area contributed by atoms with Gasteiger partial charge in [0.25, 0.3) is 0 Å². The quantitative estimate of drug-likeness (QED) is 0.639. The molecule has 0 bridgehead atoms. The molecule has 7 heteroatoms. The highest BCUT2D eigenvalue weighted by molar-refractivity contribution is 6.29. The van der Waals surface area contributed by atoms with E-state index >= 15 is 0 Å². The predicted molar refractivity (Wildman–Crippen MR) is 93.8 cm³/mol. The summed E-state index contributed by atoms with van der Waals surface area (Å²) in [5, 5.41) is 3.41. The molecule has 6 nitrogen and oxygen atoms in total. The lowest BCUT2D eigenvalue weighted by molar-refractivity contribution is -0.139. The summed E-state index contributed by atoms with van der Waals surface area (Å²) in [6.07, 6.45) is 1.55. The first-order valence-corrected chi connectivity index (χ1v) is 8.42. The highest BCUT2D eigenvalue weighted by Crippen LogP contribution is 2.39. The minimum absolute atomic E-state index is 0.235. The number of hydrogen-bond donors (Lipinski definition) is 1. The molecule has 0 saturated carbocycles. The molecule has 0 spiro atoms. The van der Waals surface area contributed by atoms with E-state index in [0.717, 1.165) is 0 Å². The molecule has 1 aliphatic heterocycles. The largest absolute Gasteiger partial charge is 0.463 e. The molecule has 0 atom stereocenters. The van der Waals surface area contributed by atoms with Crippen molar-refractivity contribution in [3.05, 3.63) is 51.6 Å². The van der Waals surface area contributed by atoms with Gasteiger partial charge in [0, 0.05) is 17.6 Å². The third kappa shape index (κ3) is 4.02. The number of nitrogens with zero attached hydrogens (tertiary/aromatic N) is 1. The summed E-state index contributed by atoms with van der Waals surface area (Å²) >= 11 is 5.87. The maximum Gasteiger partial charge on any atom is 0.336 e. The van der Waals surface area contributed by atoms with Gasteiger partial charge in [-0.15, -0.1) is 0 Å². The normalized spacial score (nSPS) is 15.1. The van der Waals surface area contributed by atoms with Crippen molar-refractivity contribution in [1.29, 1.82) is 0 Å². The number of ether oxygens (including phenoxy) is 2. The van der Waals surface area contributed by atoms with Crippen molar-refractivity contribution in [3.8, 4) is 0 Å². The van der Waals surface area contributed by atoms with Crippen LogP contribution in [0.2, 0.25) is 5.15 Å². The van der Waals surface area contributed by atoms with Crippen LogP contribution in [0.25, 0.3) is 0 Å². The number of dihydropyridines is 1. The van der Waals surface area contributed by atoms with Crippen LogP contribution in [0.15, 0.2) is 40.9 Å². The van der Waals surface area contributed by atoms with E-state index in [1.807, 2.05) is 0 Å². The highest BCUT2D eigenvalue weighted by atomic mass is 35.5. The van der Waals surface area contributed by atoms with Gasteiger partial charge in [-0.25, -0.2) is 14.6 Å². The van der Waals surface area contributed by atoms with Crippen molar-refractivity contribution in [2.24, 2.45) is 0 Å². The average Bonchev–Trinajstić information content (AvgIpc) is 2.55. The summed E-state index contributed by atoms with van der Waals surface area (Å²) in [5.74, 6) is -1.60. The lowest BCUT2D eigenvalue weighted by atomic mass is 9.81. The fourth-order valence-corrected chi connectivity index (χ4v) is 2.96. The number of aromatic nitrogens is 1. The molecule has 25 heavy (non-hydrogen) atoms. The number of allylic oxidation sites excluding steroid dienone is 2. The van der Waals surface area contributed by atoms with Gasteiger partial charge in [-0.1, -0.05) is 17.7 Å². The fraction of sp³-hybridized carbons (Fsp3) is 0.389. The predicted octanol–water partition coefficient (Wildman–Crippen LogP) is 3.10. The molecule has 0 saturated heterocycles. The first-order chi connectivity index (χ1) is 11.9. The highest BCUT2D eigenvalue weighted by Gasteiger charge is 2.38. The zero-order chi connectivity index (χ0) is 18.6. The first-order valence-electron chi connectivity index (χ1n) is 8.04. The molecular weight excluding hydrogens is 344 g/mol. The molecule has 1 aromatic rings. The Balaban J connectivity index is 2.61. The van der Waals surface area contributed by atoms with Gasteiger partial charge in [0.05, 0.1) is 30.3 Å². The van der Waals surface area contributed by atoms with Gasteiger partial charge in [0.15, 0.2) is 0 Å². The van der Waals surface area contributed by atoms with Crippen LogP contribution in [0.5, 0.6) is 0 Å². The second-order valence-corrected chi connectivity index (χ2v) is 5.88.